The summed E-state index contributed by atoms with van der Waals surface area (Å²) in [6.07, 6.45) is 0.231. The van der Waals surface area contributed by atoms with E-state index in [4.69, 9.17) is 10.5 Å². The maximum Gasteiger partial charge on any atom is 0.168 e. The average molecular weight is 437 g/mol. The van der Waals surface area contributed by atoms with Crippen LogP contribution in [0.3, 0.4) is 0 Å². The summed E-state index contributed by atoms with van der Waals surface area (Å²) in [5.41, 5.74) is 9.55. The lowest BCUT2D eigenvalue weighted by atomic mass is 10.1. The Morgan fingerprint density at radius 1 is 1.09 bits per heavy atom. The summed E-state index contributed by atoms with van der Waals surface area (Å²) in [6, 6.07) is 10.1. The predicted octanol–water partition coefficient (Wildman–Crippen LogP) is 0.195. The summed E-state index contributed by atoms with van der Waals surface area (Å²) in [5, 5.41) is 37.1. The van der Waals surface area contributed by atoms with Crippen molar-refractivity contribution >= 4 is 17.0 Å². The number of benzene rings is 1. The molecule has 3 aromatic heterocycles. The van der Waals surface area contributed by atoms with Gasteiger partial charge in [0.1, 0.15) is 23.8 Å². The summed E-state index contributed by atoms with van der Waals surface area (Å²) in [4.78, 5) is 13.3. The monoisotopic (exact) mass is 437 g/mol. The molecular weight excluding hydrogens is 414 g/mol. The number of nitrogens with zero attached hydrogens (tertiary/aromatic N) is 5. The maximum atomic E-state index is 10.4. The molecule has 1 fully saturated rings. The highest BCUT2D eigenvalue weighted by molar-refractivity contribution is 5.84. The summed E-state index contributed by atoms with van der Waals surface area (Å²) >= 11 is 0. The topological polar surface area (TPSA) is 168 Å². The molecule has 4 aromatic rings. The zero-order chi connectivity index (χ0) is 22.2. The van der Waals surface area contributed by atoms with Crippen LogP contribution in [-0.2, 0) is 17.6 Å². The minimum absolute atomic E-state index is 0.172. The van der Waals surface area contributed by atoms with Crippen molar-refractivity contribution in [3.8, 4) is 11.4 Å². The summed E-state index contributed by atoms with van der Waals surface area (Å²) < 4.78 is 7.11. The first-order chi connectivity index (χ1) is 15.6. The van der Waals surface area contributed by atoms with E-state index in [1.165, 1.54) is 16.5 Å². The van der Waals surface area contributed by atoms with Gasteiger partial charge in [-0.3, -0.25) is 9.67 Å². The third kappa shape index (κ3) is 3.50. The summed E-state index contributed by atoms with van der Waals surface area (Å²) in [6.45, 7) is -0.427. The van der Waals surface area contributed by atoms with Gasteiger partial charge in [0, 0.05) is 6.20 Å². The Morgan fingerprint density at radius 3 is 2.66 bits per heavy atom. The van der Waals surface area contributed by atoms with Crippen LogP contribution in [0.25, 0.3) is 22.6 Å². The molecule has 11 nitrogen and oxygen atoms in total. The zero-order valence-electron chi connectivity index (χ0n) is 17.0. The first-order valence-corrected chi connectivity index (χ1v) is 10.3. The molecule has 166 valence electrons. The Bertz CT molecular complexity index is 1230. The molecule has 11 heteroatoms. The van der Waals surface area contributed by atoms with E-state index in [2.05, 4.69) is 37.3 Å². The number of rotatable bonds is 6. The normalized spacial score (nSPS) is 23.2. The van der Waals surface area contributed by atoms with Crippen molar-refractivity contribution in [2.45, 2.75) is 37.4 Å². The second-order valence-corrected chi connectivity index (χ2v) is 7.72. The Balaban J connectivity index is 1.49. The smallest absolute Gasteiger partial charge is 0.168 e. The van der Waals surface area contributed by atoms with Gasteiger partial charge in [-0.1, -0.05) is 30.3 Å². The number of fused-ring (bicyclic) bond motifs is 1. The molecule has 1 saturated heterocycles. The standard InChI is InChI=1S/C21H23N7O4/c22-18-15-20(28(10-23-15)21-17(31)16(30)14(9-29)32-21)26-19(25-18)12-8-24-27-13(12)7-6-11-4-2-1-3-5-11/h1-5,8,10,14,16-17,21,29-31H,6-7,9H2,(H,24,27)(H2,22,25,26)/t14-,16-,17-,21-/m1/s1. The molecule has 1 aliphatic rings. The van der Waals surface area contributed by atoms with Gasteiger partial charge < -0.3 is 25.8 Å². The molecule has 4 atom stereocenters. The van der Waals surface area contributed by atoms with Crippen LogP contribution in [0.1, 0.15) is 17.5 Å². The lowest BCUT2D eigenvalue weighted by Crippen LogP contribution is -2.33. The van der Waals surface area contributed by atoms with Crippen LogP contribution in [0.2, 0.25) is 0 Å². The minimum atomic E-state index is -1.26. The van der Waals surface area contributed by atoms with Crippen LogP contribution in [0.4, 0.5) is 5.82 Å². The number of aryl methyl sites for hydroxylation is 2. The van der Waals surface area contributed by atoms with Gasteiger partial charge >= 0.3 is 0 Å². The molecule has 5 rings (SSSR count). The number of nitrogen functional groups attached to an aromatic ring is 1. The highest BCUT2D eigenvalue weighted by Crippen LogP contribution is 2.33. The number of imidazole rings is 1. The van der Waals surface area contributed by atoms with Crippen LogP contribution in [0, 0.1) is 0 Å². The van der Waals surface area contributed by atoms with Gasteiger partial charge in [-0.05, 0) is 18.4 Å². The molecule has 4 heterocycles. The summed E-state index contributed by atoms with van der Waals surface area (Å²) in [5.74, 6) is 0.533. The van der Waals surface area contributed by atoms with Gasteiger partial charge in [0.15, 0.2) is 23.5 Å². The molecule has 0 saturated carbocycles. The number of ether oxygens (including phenoxy) is 1. The van der Waals surface area contributed by atoms with Crippen molar-refractivity contribution in [2.24, 2.45) is 0 Å². The summed E-state index contributed by atoms with van der Waals surface area (Å²) in [7, 11) is 0. The quantitative estimate of drug-likeness (QED) is 0.283. The predicted molar refractivity (Wildman–Crippen MR) is 114 cm³/mol. The molecule has 0 spiro atoms. The highest BCUT2D eigenvalue weighted by atomic mass is 16.6. The number of anilines is 1. The van der Waals surface area contributed by atoms with E-state index in [0.29, 0.717) is 29.0 Å². The van der Waals surface area contributed by atoms with Crippen molar-refractivity contribution < 1.29 is 20.1 Å². The van der Waals surface area contributed by atoms with E-state index < -0.39 is 31.1 Å². The van der Waals surface area contributed by atoms with Crippen LogP contribution in [0.15, 0.2) is 42.9 Å². The largest absolute Gasteiger partial charge is 0.394 e. The average Bonchev–Trinajstić information content (AvgIpc) is 3.51. The van der Waals surface area contributed by atoms with E-state index in [1.54, 1.807) is 6.20 Å². The SMILES string of the molecule is Nc1nc(-c2c[nH]nc2CCc2ccccc2)nc2c1ncn2[C@@H]1O[C@H](CO)[C@@H](O)[C@H]1O. The van der Waals surface area contributed by atoms with E-state index in [-0.39, 0.29) is 5.82 Å². The number of aliphatic hydroxyl groups is 3. The number of aliphatic hydroxyl groups excluding tert-OH is 3. The van der Waals surface area contributed by atoms with Gasteiger partial charge in [-0.25, -0.2) is 15.0 Å². The van der Waals surface area contributed by atoms with E-state index in [0.717, 1.165) is 12.1 Å². The molecule has 0 radical (unpaired) electrons. The van der Waals surface area contributed by atoms with Gasteiger partial charge in [-0.15, -0.1) is 0 Å². The van der Waals surface area contributed by atoms with Gasteiger partial charge in [-0.2, -0.15) is 5.10 Å². The molecule has 0 aliphatic carbocycles. The third-order valence-corrected chi connectivity index (χ3v) is 5.69. The minimum Gasteiger partial charge on any atom is -0.394 e. The number of aromatic amines is 1. The fourth-order valence-corrected chi connectivity index (χ4v) is 3.96. The third-order valence-electron chi connectivity index (χ3n) is 5.69. The Kier molecular flexibility index (Phi) is 5.31. The fourth-order valence-electron chi connectivity index (χ4n) is 3.96. The number of hydrogen-bond donors (Lipinski definition) is 5. The lowest BCUT2D eigenvalue weighted by Gasteiger charge is -2.16. The number of nitrogens with one attached hydrogen (secondary N) is 1. The number of hydrogen-bond acceptors (Lipinski definition) is 9. The maximum absolute atomic E-state index is 10.4. The van der Waals surface area contributed by atoms with E-state index in [9.17, 15) is 15.3 Å². The molecule has 32 heavy (non-hydrogen) atoms. The number of nitrogens with two attached hydrogens (primary N) is 1. The molecule has 6 N–H and O–H groups in total. The first-order valence-electron chi connectivity index (χ1n) is 10.3. The van der Waals surface area contributed by atoms with Crippen LogP contribution < -0.4 is 5.73 Å². The van der Waals surface area contributed by atoms with Crippen molar-refractivity contribution in [1.82, 2.24) is 29.7 Å². The molecular formula is C21H23N7O4. The molecule has 0 unspecified atom stereocenters. The Morgan fingerprint density at radius 2 is 1.91 bits per heavy atom. The number of H-pyrrole nitrogens is 1. The van der Waals surface area contributed by atoms with Gasteiger partial charge in [0.25, 0.3) is 0 Å². The zero-order valence-corrected chi connectivity index (χ0v) is 17.0. The van der Waals surface area contributed by atoms with E-state index >= 15 is 0 Å². The fraction of sp³-hybridized carbons (Fsp3) is 0.333. The Hall–Kier alpha value is -3.38. The van der Waals surface area contributed by atoms with Gasteiger partial charge in [0.05, 0.1) is 24.2 Å². The molecule has 1 aromatic carbocycles. The van der Waals surface area contributed by atoms with Crippen LogP contribution >= 0.6 is 0 Å². The number of aromatic nitrogens is 6. The van der Waals surface area contributed by atoms with Crippen molar-refractivity contribution in [1.29, 1.82) is 0 Å². The van der Waals surface area contributed by atoms with E-state index in [1.807, 2.05) is 18.2 Å². The van der Waals surface area contributed by atoms with Crippen molar-refractivity contribution in [2.75, 3.05) is 12.3 Å². The van der Waals surface area contributed by atoms with Crippen molar-refractivity contribution in [3.63, 3.8) is 0 Å². The van der Waals surface area contributed by atoms with Gasteiger partial charge in [0.2, 0.25) is 0 Å². The lowest BCUT2D eigenvalue weighted by molar-refractivity contribution is -0.0511. The molecule has 0 amide bonds. The van der Waals surface area contributed by atoms with Crippen molar-refractivity contribution in [3.05, 3.63) is 54.1 Å². The Labute approximate surface area is 182 Å². The second-order valence-electron chi connectivity index (χ2n) is 7.72. The second kappa shape index (κ2) is 8.28. The van der Waals surface area contributed by atoms with Crippen LogP contribution in [-0.4, -0.2) is 70.0 Å². The first kappa shape index (κ1) is 20.5. The highest BCUT2D eigenvalue weighted by Gasteiger charge is 2.44. The van der Waals surface area contributed by atoms with Crippen LogP contribution in [0.5, 0.6) is 0 Å². The molecule has 1 aliphatic heterocycles. The molecule has 0 bridgehead atoms.